The minimum Gasteiger partial charge on any atom is -0.392 e. The zero-order valence-electron chi connectivity index (χ0n) is 11.4. The van der Waals surface area contributed by atoms with Gasteiger partial charge in [-0.2, -0.15) is 0 Å². The zero-order chi connectivity index (χ0) is 14.5. The van der Waals surface area contributed by atoms with Crippen LogP contribution >= 0.6 is 11.3 Å². The summed E-state index contributed by atoms with van der Waals surface area (Å²) in [5.74, 6) is 0. The minimum absolute atomic E-state index is 0.00279. The van der Waals surface area contributed by atoms with Crippen molar-refractivity contribution in [2.45, 2.75) is 13.2 Å². The Bertz CT molecular complexity index is 712. The third-order valence-electron chi connectivity index (χ3n) is 3.11. The van der Waals surface area contributed by atoms with E-state index >= 15 is 0 Å². The molecule has 0 aliphatic carbocycles. The number of nitrogens with zero attached hydrogens (tertiary/aromatic N) is 2. The second kappa shape index (κ2) is 6.47. The van der Waals surface area contributed by atoms with E-state index in [-0.39, 0.29) is 6.61 Å². The Morgan fingerprint density at radius 1 is 1.10 bits per heavy atom. The van der Waals surface area contributed by atoms with Crippen molar-refractivity contribution in [3.63, 3.8) is 0 Å². The fourth-order valence-corrected chi connectivity index (χ4v) is 2.86. The van der Waals surface area contributed by atoms with E-state index in [9.17, 15) is 5.11 Å². The predicted molar refractivity (Wildman–Crippen MR) is 85.0 cm³/mol. The van der Waals surface area contributed by atoms with E-state index in [0.29, 0.717) is 6.54 Å². The number of nitrogens with one attached hydrogen (secondary N) is 1. The van der Waals surface area contributed by atoms with Crippen molar-refractivity contribution in [2.75, 3.05) is 5.32 Å². The number of hydrogen-bond donors (Lipinski definition) is 2. The fourth-order valence-electron chi connectivity index (χ4n) is 2.01. The highest BCUT2D eigenvalue weighted by Gasteiger charge is 2.05. The van der Waals surface area contributed by atoms with E-state index in [1.54, 1.807) is 23.7 Å². The summed E-state index contributed by atoms with van der Waals surface area (Å²) in [4.78, 5) is 9.67. The van der Waals surface area contributed by atoms with E-state index in [0.717, 1.165) is 26.7 Å². The molecule has 4 nitrogen and oxygen atoms in total. The minimum atomic E-state index is 0.00279. The van der Waals surface area contributed by atoms with E-state index in [1.807, 2.05) is 30.5 Å². The van der Waals surface area contributed by atoms with E-state index < -0.39 is 0 Å². The first kappa shape index (κ1) is 13.7. The van der Waals surface area contributed by atoms with Gasteiger partial charge in [-0.3, -0.25) is 4.98 Å². The van der Waals surface area contributed by atoms with Gasteiger partial charge in [0.1, 0.15) is 5.01 Å². The van der Waals surface area contributed by atoms with Gasteiger partial charge < -0.3 is 10.4 Å². The van der Waals surface area contributed by atoms with Crippen LogP contribution in [0.1, 0.15) is 10.4 Å². The van der Waals surface area contributed by atoms with Gasteiger partial charge in [0.25, 0.3) is 0 Å². The highest BCUT2D eigenvalue weighted by molar-refractivity contribution is 7.15. The molecule has 2 aromatic heterocycles. The Hall–Kier alpha value is -2.24. The lowest BCUT2D eigenvalue weighted by molar-refractivity contribution is 0.282. The van der Waals surface area contributed by atoms with Crippen LogP contribution < -0.4 is 5.32 Å². The molecule has 0 unspecified atom stereocenters. The molecule has 0 atom stereocenters. The molecule has 0 radical (unpaired) electrons. The molecule has 21 heavy (non-hydrogen) atoms. The van der Waals surface area contributed by atoms with Crippen molar-refractivity contribution in [1.29, 1.82) is 0 Å². The zero-order valence-corrected chi connectivity index (χ0v) is 12.2. The van der Waals surface area contributed by atoms with Crippen LogP contribution in [0.25, 0.3) is 10.6 Å². The monoisotopic (exact) mass is 297 g/mol. The highest BCUT2D eigenvalue weighted by atomic mass is 32.1. The summed E-state index contributed by atoms with van der Waals surface area (Å²) in [6.07, 6.45) is 5.29. The molecular formula is C16H15N3OS. The molecule has 0 fully saturated rings. The number of pyridine rings is 1. The summed E-state index contributed by atoms with van der Waals surface area (Å²) >= 11 is 1.66. The van der Waals surface area contributed by atoms with Gasteiger partial charge in [0, 0.05) is 28.4 Å². The summed E-state index contributed by atoms with van der Waals surface area (Å²) in [6.45, 7) is 0.673. The largest absolute Gasteiger partial charge is 0.392 e. The maximum Gasteiger partial charge on any atom is 0.123 e. The average molecular weight is 297 g/mol. The normalized spacial score (nSPS) is 10.5. The van der Waals surface area contributed by atoms with Crippen molar-refractivity contribution < 1.29 is 5.11 Å². The molecule has 0 saturated heterocycles. The maximum absolute atomic E-state index is 9.29. The van der Waals surface area contributed by atoms with Gasteiger partial charge in [-0.05, 0) is 6.07 Å². The van der Waals surface area contributed by atoms with Gasteiger partial charge in [0.2, 0.25) is 0 Å². The van der Waals surface area contributed by atoms with Gasteiger partial charge >= 0.3 is 0 Å². The quantitative estimate of drug-likeness (QED) is 0.758. The number of aliphatic hydroxyl groups excluding tert-OH is 1. The summed E-state index contributed by atoms with van der Waals surface area (Å²) < 4.78 is 0. The Morgan fingerprint density at radius 3 is 2.76 bits per heavy atom. The maximum atomic E-state index is 9.29. The lowest BCUT2D eigenvalue weighted by Crippen LogP contribution is -2.01. The van der Waals surface area contributed by atoms with Gasteiger partial charge in [0.15, 0.2) is 0 Å². The predicted octanol–water partition coefficient (Wildman–Crippen LogP) is 3.31. The smallest absolute Gasteiger partial charge is 0.123 e. The number of anilines is 1. The fraction of sp³-hybridized carbons (Fsp3) is 0.125. The van der Waals surface area contributed by atoms with Crippen LogP contribution in [0.15, 0.2) is 55.0 Å². The number of rotatable bonds is 5. The van der Waals surface area contributed by atoms with Crippen molar-refractivity contribution in [2.24, 2.45) is 0 Å². The molecule has 2 N–H and O–H groups in total. The summed E-state index contributed by atoms with van der Waals surface area (Å²) in [7, 11) is 0. The van der Waals surface area contributed by atoms with Crippen LogP contribution in [0.5, 0.6) is 0 Å². The summed E-state index contributed by atoms with van der Waals surface area (Å²) in [5, 5.41) is 13.6. The van der Waals surface area contributed by atoms with Crippen molar-refractivity contribution >= 4 is 17.0 Å². The molecule has 0 bridgehead atoms. The van der Waals surface area contributed by atoms with Gasteiger partial charge in [0.05, 0.1) is 25.0 Å². The van der Waals surface area contributed by atoms with Gasteiger partial charge in [-0.25, -0.2) is 4.98 Å². The Labute approximate surface area is 127 Å². The third kappa shape index (κ3) is 3.26. The Balaban J connectivity index is 1.71. The molecule has 0 spiro atoms. The number of thiazole rings is 1. The molecule has 3 aromatic rings. The van der Waals surface area contributed by atoms with Crippen molar-refractivity contribution in [3.05, 3.63) is 65.4 Å². The number of benzene rings is 1. The second-order valence-electron chi connectivity index (χ2n) is 4.54. The summed E-state index contributed by atoms with van der Waals surface area (Å²) in [6, 6.07) is 11.9. The first-order valence-electron chi connectivity index (χ1n) is 6.64. The molecule has 0 saturated carbocycles. The Kier molecular flexibility index (Phi) is 4.23. The van der Waals surface area contributed by atoms with E-state index in [4.69, 9.17) is 0 Å². The number of aromatic nitrogens is 2. The number of aliphatic hydroxyl groups is 1. The molecule has 2 heterocycles. The molecule has 0 amide bonds. The molecule has 1 aromatic carbocycles. The van der Waals surface area contributed by atoms with Crippen molar-refractivity contribution in [1.82, 2.24) is 9.97 Å². The molecular weight excluding hydrogens is 282 g/mol. The van der Waals surface area contributed by atoms with Crippen LogP contribution in [-0.4, -0.2) is 15.1 Å². The van der Waals surface area contributed by atoms with Crippen LogP contribution in [0.4, 0.5) is 5.69 Å². The second-order valence-corrected chi connectivity index (χ2v) is 5.66. The number of hydrogen-bond acceptors (Lipinski definition) is 5. The van der Waals surface area contributed by atoms with Crippen LogP contribution in [0.3, 0.4) is 0 Å². The van der Waals surface area contributed by atoms with E-state index in [2.05, 4.69) is 27.4 Å². The molecule has 0 aliphatic heterocycles. The van der Waals surface area contributed by atoms with E-state index in [1.165, 1.54) is 0 Å². The van der Waals surface area contributed by atoms with Gasteiger partial charge in [-0.1, -0.05) is 30.3 Å². The van der Waals surface area contributed by atoms with Crippen molar-refractivity contribution in [3.8, 4) is 10.6 Å². The SMILES string of the molecule is OCc1ccncc1NCc1cnc(-c2ccccc2)s1. The third-order valence-corrected chi connectivity index (χ3v) is 4.16. The lowest BCUT2D eigenvalue weighted by Gasteiger charge is -2.08. The molecule has 0 aliphatic rings. The molecule has 3 rings (SSSR count). The highest BCUT2D eigenvalue weighted by Crippen LogP contribution is 2.25. The van der Waals surface area contributed by atoms with Crippen LogP contribution in [0.2, 0.25) is 0 Å². The first-order valence-corrected chi connectivity index (χ1v) is 7.46. The van der Waals surface area contributed by atoms with Crippen LogP contribution in [0, 0.1) is 0 Å². The molecule has 106 valence electrons. The topological polar surface area (TPSA) is 58.0 Å². The van der Waals surface area contributed by atoms with Crippen LogP contribution in [-0.2, 0) is 13.2 Å². The lowest BCUT2D eigenvalue weighted by atomic mass is 10.2. The molecule has 5 heteroatoms. The average Bonchev–Trinajstić information content (AvgIpc) is 3.03. The Morgan fingerprint density at radius 2 is 1.95 bits per heavy atom. The standard InChI is InChI=1S/C16H15N3OS/c20-11-13-6-7-17-10-15(13)18-8-14-9-19-16(21-14)12-4-2-1-3-5-12/h1-7,9-10,18,20H,8,11H2. The summed E-state index contributed by atoms with van der Waals surface area (Å²) in [5.41, 5.74) is 2.83. The van der Waals surface area contributed by atoms with Gasteiger partial charge in [-0.15, -0.1) is 11.3 Å². The first-order chi connectivity index (χ1) is 10.4.